The van der Waals surface area contributed by atoms with Crippen molar-refractivity contribution in [3.63, 3.8) is 0 Å². The maximum atomic E-state index is 13.5. The highest BCUT2D eigenvalue weighted by atomic mass is 19.1. The lowest BCUT2D eigenvalue weighted by Crippen LogP contribution is -2.53. The summed E-state index contributed by atoms with van der Waals surface area (Å²) in [4.78, 5) is 38.5. The van der Waals surface area contributed by atoms with Crippen LogP contribution in [0.25, 0.3) is 5.57 Å². The van der Waals surface area contributed by atoms with E-state index in [2.05, 4.69) is 16.0 Å². The Kier molecular flexibility index (Phi) is 8.28. The number of aliphatic hydroxyl groups excluding tert-OH is 1. The van der Waals surface area contributed by atoms with E-state index in [-0.39, 0.29) is 12.0 Å². The number of nitrogens with one attached hydrogen (secondary N) is 3. The van der Waals surface area contributed by atoms with Gasteiger partial charge in [0.2, 0.25) is 11.8 Å². The van der Waals surface area contributed by atoms with Crippen LogP contribution in [0.3, 0.4) is 0 Å². The van der Waals surface area contributed by atoms with E-state index in [1.54, 1.807) is 0 Å². The van der Waals surface area contributed by atoms with Crippen LogP contribution in [0, 0.1) is 11.6 Å². The summed E-state index contributed by atoms with van der Waals surface area (Å²) in [7, 11) is 0. The Morgan fingerprint density at radius 1 is 0.947 bits per heavy atom. The molecule has 38 heavy (non-hydrogen) atoms. The summed E-state index contributed by atoms with van der Waals surface area (Å²) in [5, 5.41) is 18.2. The van der Waals surface area contributed by atoms with Gasteiger partial charge in [-0.3, -0.25) is 14.4 Å². The molecular formula is C29H27F2N3O4. The minimum Gasteiger partial charge on any atom is -0.378 e. The summed E-state index contributed by atoms with van der Waals surface area (Å²) in [5.74, 6) is -3.98. The average Bonchev–Trinajstić information content (AvgIpc) is 3.07. The van der Waals surface area contributed by atoms with E-state index in [0.29, 0.717) is 6.07 Å². The van der Waals surface area contributed by atoms with Crippen molar-refractivity contribution >= 4 is 23.3 Å². The molecule has 0 spiro atoms. The number of rotatable bonds is 7. The van der Waals surface area contributed by atoms with Gasteiger partial charge >= 0.3 is 0 Å². The molecule has 0 bridgehead atoms. The molecule has 1 heterocycles. The largest absolute Gasteiger partial charge is 0.378 e. The Morgan fingerprint density at radius 2 is 1.55 bits per heavy atom. The molecule has 4 atom stereocenters. The van der Waals surface area contributed by atoms with E-state index in [1.165, 1.54) is 6.92 Å². The first kappa shape index (κ1) is 26.7. The summed E-state index contributed by atoms with van der Waals surface area (Å²) in [5.41, 5.74) is 2.34. The third-order valence-corrected chi connectivity index (χ3v) is 6.23. The van der Waals surface area contributed by atoms with Crippen LogP contribution in [0.2, 0.25) is 0 Å². The summed E-state index contributed by atoms with van der Waals surface area (Å²) in [6.45, 7) is 1.38. The van der Waals surface area contributed by atoms with Crippen molar-refractivity contribution in [2.24, 2.45) is 0 Å². The van der Waals surface area contributed by atoms with Gasteiger partial charge in [0, 0.05) is 12.5 Å². The van der Waals surface area contributed by atoms with E-state index in [1.807, 2.05) is 66.7 Å². The van der Waals surface area contributed by atoms with E-state index in [4.69, 9.17) is 0 Å². The van der Waals surface area contributed by atoms with Crippen molar-refractivity contribution in [1.29, 1.82) is 0 Å². The summed E-state index contributed by atoms with van der Waals surface area (Å²) in [6.07, 6.45) is 0.265. The van der Waals surface area contributed by atoms with Gasteiger partial charge in [-0.25, -0.2) is 8.78 Å². The lowest BCUT2D eigenvalue weighted by molar-refractivity contribution is -0.135. The van der Waals surface area contributed by atoms with Crippen LogP contribution in [0.15, 0.2) is 84.9 Å². The van der Waals surface area contributed by atoms with Crippen LogP contribution in [-0.4, -0.2) is 34.9 Å². The molecule has 3 aromatic carbocycles. The second-order valence-corrected chi connectivity index (χ2v) is 9.06. The molecule has 3 aromatic rings. The quantitative estimate of drug-likeness (QED) is 0.384. The predicted octanol–water partition coefficient (Wildman–Crippen LogP) is 3.33. The van der Waals surface area contributed by atoms with Crippen molar-refractivity contribution in [3.8, 4) is 0 Å². The molecule has 1 aliphatic heterocycles. The zero-order chi connectivity index (χ0) is 27.2. The standard InChI is InChI=1S/C29H27F2N3O4/c1-17(32-29(38)26(35)21-12-22(30)16-23(31)13-21)27(36)34-25-15-20(18-8-4-2-5-9-18)14-24(33-28(25)37)19-10-6-3-7-11-19/h2-14,16-17,24-26,35H,15H2,1H3,(H,32,38)(H,33,37)(H,34,36)/t17-,24-,25-,26+/m0/s1. The minimum atomic E-state index is -1.89. The summed E-state index contributed by atoms with van der Waals surface area (Å²) < 4.78 is 26.9. The van der Waals surface area contributed by atoms with Crippen molar-refractivity contribution in [3.05, 3.63) is 113 Å². The smallest absolute Gasteiger partial charge is 0.254 e. The number of halogens is 2. The van der Waals surface area contributed by atoms with Crippen molar-refractivity contribution in [1.82, 2.24) is 16.0 Å². The van der Waals surface area contributed by atoms with Gasteiger partial charge in [0.25, 0.3) is 5.91 Å². The lowest BCUT2D eigenvalue weighted by Gasteiger charge is -2.22. The van der Waals surface area contributed by atoms with Gasteiger partial charge in [0.1, 0.15) is 23.7 Å². The number of hydrogen-bond donors (Lipinski definition) is 4. The van der Waals surface area contributed by atoms with Crippen molar-refractivity contribution in [2.45, 2.75) is 37.6 Å². The second kappa shape index (κ2) is 11.8. The molecule has 0 fully saturated rings. The maximum absolute atomic E-state index is 13.5. The molecule has 4 N–H and O–H groups in total. The normalized spacial score (nSPS) is 18.8. The molecule has 0 saturated carbocycles. The van der Waals surface area contributed by atoms with Crippen LogP contribution in [0.5, 0.6) is 0 Å². The zero-order valence-corrected chi connectivity index (χ0v) is 20.5. The second-order valence-electron chi connectivity index (χ2n) is 9.06. The first-order valence-electron chi connectivity index (χ1n) is 12.1. The van der Waals surface area contributed by atoms with Crippen molar-refractivity contribution < 1.29 is 28.3 Å². The highest BCUT2D eigenvalue weighted by Gasteiger charge is 2.31. The topological polar surface area (TPSA) is 108 Å². The molecule has 4 rings (SSSR count). The van der Waals surface area contributed by atoms with Crippen molar-refractivity contribution in [2.75, 3.05) is 0 Å². The summed E-state index contributed by atoms with van der Waals surface area (Å²) >= 11 is 0. The Labute approximate surface area is 218 Å². The van der Waals surface area contributed by atoms with Gasteiger partial charge in [0.05, 0.1) is 6.04 Å². The van der Waals surface area contributed by atoms with E-state index >= 15 is 0 Å². The molecule has 3 amide bonds. The molecule has 0 aromatic heterocycles. The molecule has 7 nitrogen and oxygen atoms in total. The molecule has 0 unspecified atom stereocenters. The van der Waals surface area contributed by atoms with Gasteiger partial charge in [0.15, 0.2) is 6.10 Å². The Balaban J connectivity index is 1.48. The molecule has 196 valence electrons. The van der Waals surface area contributed by atoms with Crippen LogP contribution in [-0.2, 0) is 14.4 Å². The number of benzene rings is 3. The number of hydrogen-bond acceptors (Lipinski definition) is 4. The van der Waals surface area contributed by atoms with E-state index in [0.717, 1.165) is 28.8 Å². The molecule has 0 saturated heterocycles. The molecule has 1 aliphatic rings. The minimum absolute atomic E-state index is 0.205. The van der Waals surface area contributed by atoms with Gasteiger partial charge in [-0.2, -0.15) is 0 Å². The third-order valence-electron chi connectivity index (χ3n) is 6.23. The van der Waals surface area contributed by atoms with Gasteiger partial charge in [-0.15, -0.1) is 0 Å². The molecular weight excluding hydrogens is 492 g/mol. The molecule has 9 heteroatoms. The number of carbonyl (C=O) groups excluding carboxylic acids is 3. The van der Waals surface area contributed by atoms with E-state index < -0.39 is 53.6 Å². The third kappa shape index (κ3) is 6.49. The average molecular weight is 520 g/mol. The summed E-state index contributed by atoms with van der Waals surface area (Å²) in [6, 6.07) is 18.7. The highest BCUT2D eigenvalue weighted by molar-refractivity contribution is 5.94. The number of aliphatic hydroxyl groups is 1. The van der Waals surface area contributed by atoms with Gasteiger partial charge in [-0.1, -0.05) is 66.7 Å². The fourth-order valence-electron chi connectivity index (χ4n) is 4.24. The monoisotopic (exact) mass is 519 g/mol. The zero-order valence-electron chi connectivity index (χ0n) is 20.5. The molecule has 0 aliphatic carbocycles. The fourth-order valence-corrected chi connectivity index (χ4v) is 4.24. The van der Waals surface area contributed by atoms with Gasteiger partial charge < -0.3 is 21.1 Å². The Morgan fingerprint density at radius 3 is 2.18 bits per heavy atom. The first-order valence-corrected chi connectivity index (χ1v) is 12.1. The maximum Gasteiger partial charge on any atom is 0.254 e. The number of amides is 3. The highest BCUT2D eigenvalue weighted by Crippen LogP contribution is 2.28. The predicted molar refractivity (Wildman–Crippen MR) is 137 cm³/mol. The van der Waals surface area contributed by atoms with Crippen LogP contribution < -0.4 is 16.0 Å². The van der Waals surface area contributed by atoms with E-state index in [9.17, 15) is 28.3 Å². The fraction of sp³-hybridized carbons (Fsp3) is 0.207. The Bertz CT molecular complexity index is 1330. The Hall–Kier alpha value is -4.37. The van der Waals surface area contributed by atoms with Crippen LogP contribution >= 0.6 is 0 Å². The van der Waals surface area contributed by atoms with Gasteiger partial charge in [-0.05, 0) is 41.3 Å². The number of carbonyl (C=O) groups is 3. The van der Waals surface area contributed by atoms with Crippen LogP contribution in [0.1, 0.15) is 42.2 Å². The first-order chi connectivity index (χ1) is 18.2. The SMILES string of the molecule is C[C@H](NC(=O)[C@H](O)c1cc(F)cc(F)c1)C(=O)N[C@H]1CC(c2ccccc2)=C[C@@H](c2ccccc2)NC1=O. The van der Waals surface area contributed by atoms with Crippen LogP contribution in [0.4, 0.5) is 8.78 Å². The lowest BCUT2D eigenvalue weighted by atomic mass is 9.96. The molecule has 0 radical (unpaired) electrons.